The van der Waals surface area contributed by atoms with Crippen molar-refractivity contribution >= 4 is 40.1 Å². The number of ether oxygens (including phenoxy) is 2. The maximum atomic E-state index is 12.2. The molecule has 1 atom stereocenters. The van der Waals surface area contributed by atoms with Gasteiger partial charge in [-0.15, -0.1) is 11.8 Å². The number of rotatable bonds is 6. The van der Waals surface area contributed by atoms with Gasteiger partial charge in [0, 0.05) is 32.6 Å². The van der Waals surface area contributed by atoms with Crippen LogP contribution in [0, 0.1) is 5.92 Å². The summed E-state index contributed by atoms with van der Waals surface area (Å²) in [6.07, 6.45) is 0.154. The first-order chi connectivity index (χ1) is 14.3. The first-order valence-corrected chi connectivity index (χ1v) is 11.2. The number of hydrogen-bond donors (Lipinski definition) is 0. The number of carbonyl (C=O) groups is 2. The minimum atomic E-state index is -2.10. The highest BCUT2D eigenvalue weighted by Gasteiger charge is 2.26. The lowest BCUT2D eigenvalue weighted by Gasteiger charge is -2.29. The SMILES string of the molecule is CS/C(=N\OC(=O)N(C)S(=O)OCC1COC(c2ccccc2)OC1)C(=O)N(C)C. The van der Waals surface area contributed by atoms with Crippen molar-refractivity contribution in [2.24, 2.45) is 11.1 Å². The fourth-order valence-corrected chi connectivity index (χ4v) is 3.32. The summed E-state index contributed by atoms with van der Waals surface area (Å²) in [7, 11) is 4.33. The molecule has 1 aliphatic rings. The Labute approximate surface area is 182 Å². The van der Waals surface area contributed by atoms with Crippen molar-refractivity contribution in [2.75, 3.05) is 47.2 Å². The van der Waals surface area contributed by atoms with Crippen LogP contribution in [-0.4, -0.2) is 77.7 Å². The second-order valence-electron chi connectivity index (χ2n) is 6.43. The van der Waals surface area contributed by atoms with E-state index in [1.54, 1.807) is 20.4 Å². The van der Waals surface area contributed by atoms with Gasteiger partial charge in [0.25, 0.3) is 17.2 Å². The second kappa shape index (κ2) is 12.0. The zero-order valence-electron chi connectivity index (χ0n) is 17.2. The van der Waals surface area contributed by atoms with Crippen LogP contribution in [0.5, 0.6) is 0 Å². The van der Waals surface area contributed by atoms with Crippen LogP contribution in [0.2, 0.25) is 0 Å². The molecule has 0 saturated carbocycles. The summed E-state index contributed by atoms with van der Waals surface area (Å²) in [5.41, 5.74) is 0.917. The van der Waals surface area contributed by atoms with Crippen molar-refractivity contribution in [1.82, 2.24) is 9.21 Å². The molecular formula is C18H25N3O7S2. The lowest BCUT2D eigenvalue weighted by molar-refractivity contribution is -0.208. The fraction of sp³-hybridized carbons (Fsp3) is 0.500. The Bertz CT molecular complexity index is 768. The van der Waals surface area contributed by atoms with Crippen LogP contribution in [0.4, 0.5) is 4.79 Å². The number of carbonyl (C=O) groups excluding carboxylic acids is 2. The lowest BCUT2D eigenvalue weighted by Crippen LogP contribution is -2.34. The maximum Gasteiger partial charge on any atom is 0.449 e. The van der Waals surface area contributed by atoms with E-state index in [0.29, 0.717) is 13.2 Å². The summed E-state index contributed by atoms with van der Waals surface area (Å²) in [4.78, 5) is 29.8. The Kier molecular flexibility index (Phi) is 9.72. The Balaban J connectivity index is 1.76. The predicted molar refractivity (Wildman–Crippen MR) is 113 cm³/mol. The first-order valence-electron chi connectivity index (χ1n) is 8.95. The molecule has 1 saturated heterocycles. The van der Waals surface area contributed by atoms with E-state index in [4.69, 9.17) is 13.7 Å². The zero-order valence-corrected chi connectivity index (χ0v) is 18.8. The lowest BCUT2D eigenvalue weighted by atomic mass is 10.1. The smallest absolute Gasteiger partial charge is 0.348 e. The molecule has 1 heterocycles. The number of thioether (sulfide) groups is 1. The molecule has 1 fully saturated rings. The largest absolute Gasteiger partial charge is 0.449 e. The van der Waals surface area contributed by atoms with E-state index in [9.17, 15) is 13.8 Å². The minimum Gasteiger partial charge on any atom is -0.348 e. The van der Waals surface area contributed by atoms with E-state index in [2.05, 4.69) is 9.99 Å². The molecule has 0 aromatic heterocycles. The number of benzene rings is 1. The molecule has 0 aliphatic carbocycles. The maximum absolute atomic E-state index is 12.2. The highest BCUT2D eigenvalue weighted by Crippen LogP contribution is 2.25. The highest BCUT2D eigenvalue weighted by molar-refractivity contribution is 8.15. The number of amides is 2. The highest BCUT2D eigenvalue weighted by atomic mass is 32.2. The van der Waals surface area contributed by atoms with Crippen molar-refractivity contribution in [1.29, 1.82) is 0 Å². The van der Waals surface area contributed by atoms with Gasteiger partial charge in [-0.25, -0.2) is 13.3 Å². The Hall–Kier alpha value is -1.99. The standard InChI is InChI=1S/C18H25N3O7S2/c1-20(2)16(22)15(29-4)19-28-18(23)21(3)30(24)27-12-13-10-25-17(26-11-13)14-8-6-5-7-9-14/h5-9,13,17H,10-12H2,1-4H3/b19-15-. The monoisotopic (exact) mass is 459 g/mol. The molecule has 0 bridgehead atoms. The molecule has 1 aromatic carbocycles. The molecule has 2 amide bonds. The molecule has 10 nitrogen and oxygen atoms in total. The Morgan fingerprint density at radius 1 is 1.20 bits per heavy atom. The third-order valence-corrected chi connectivity index (χ3v) is 5.48. The van der Waals surface area contributed by atoms with Crippen molar-refractivity contribution in [3.05, 3.63) is 35.9 Å². The Morgan fingerprint density at radius 2 is 1.83 bits per heavy atom. The van der Waals surface area contributed by atoms with Crippen molar-refractivity contribution in [2.45, 2.75) is 6.29 Å². The van der Waals surface area contributed by atoms with Crippen LogP contribution >= 0.6 is 11.8 Å². The molecule has 30 heavy (non-hydrogen) atoms. The fourth-order valence-electron chi connectivity index (χ4n) is 2.23. The number of oxime groups is 1. The normalized spacial score (nSPS) is 20.3. The van der Waals surface area contributed by atoms with Crippen LogP contribution in [-0.2, 0) is 34.6 Å². The molecule has 0 spiro atoms. The van der Waals surface area contributed by atoms with E-state index in [1.165, 1.54) is 11.9 Å². The van der Waals surface area contributed by atoms with Crippen LogP contribution in [0.1, 0.15) is 11.9 Å². The first kappa shape index (κ1) is 24.3. The molecule has 0 radical (unpaired) electrons. The van der Waals surface area contributed by atoms with Crippen LogP contribution < -0.4 is 0 Å². The van der Waals surface area contributed by atoms with Crippen molar-refractivity contribution in [3.63, 3.8) is 0 Å². The van der Waals surface area contributed by atoms with E-state index >= 15 is 0 Å². The number of hydrogen-bond acceptors (Lipinski definition) is 9. The summed E-state index contributed by atoms with van der Waals surface area (Å²) in [5, 5.41) is 3.51. The van der Waals surface area contributed by atoms with Gasteiger partial charge < -0.3 is 14.4 Å². The summed E-state index contributed by atoms with van der Waals surface area (Å²) in [5.74, 6) is -0.557. The van der Waals surface area contributed by atoms with Gasteiger partial charge in [-0.3, -0.25) is 13.8 Å². The van der Waals surface area contributed by atoms with Gasteiger partial charge in [-0.05, 0) is 6.26 Å². The molecule has 1 unspecified atom stereocenters. The quantitative estimate of drug-likeness (QED) is 0.274. The average Bonchev–Trinajstić information content (AvgIpc) is 2.77. The Morgan fingerprint density at radius 3 is 2.40 bits per heavy atom. The second-order valence-corrected chi connectivity index (χ2v) is 8.44. The predicted octanol–water partition coefficient (Wildman–Crippen LogP) is 1.78. The van der Waals surface area contributed by atoms with Crippen molar-refractivity contribution in [3.8, 4) is 0 Å². The van der Waals surface area contributed by atoms with Gasteiger partial charge >= 0.3 is 6.09 Å². The third-order valence-electron chi connectivity index (χ3n) is 3.91. The summed E-state index contributed by atoms with van der Waals surface area (Å²) in [6, 6.07) is 9.53. The minimum absolute atomic E-state index is 0.0158. The molecule has 1 aromatic rings. The van der Waals surface area contributed by atoms with Crippen LogP contribution in [0.25, 0.3) is 0 Å². The van der Waals surface area contributed by atoms with E-state index in [1.807, 2.05) is 30.3 Å². The zero-order chi connectivity index (χ0) is 22.1. The summed E-state index contributed by atoms with van der Waals surface area (Å²) < 4.78 is 29.5. The van der Waals surface area contributed by atoms with Gasteiger partial charge in [0.1, 0.15) is 0 Å². The molecule has 2 rings (SSSR count). The average molecular weight is 460 g/mol. The summed E-state index contributed by atoms with van der Waals surface area (Å²) in [6.45, 7) is 0.780. The van der Waals surface area contributed by atoms with Gasteiger partial charge in [-0.2, -0.15) is 0 Å². The third kappa shape index (κ3) is 7.06. The van der Waals surface area contributed by atoms with E-state index in [-0.39, 0.29) is 17.6 Å². The summed E-state index contributed by atoms with van der Waals surface area (Å²) >= 11 is -1.08. The van der Waals surface area contributed by atoms with Gasteiger partial charge in [0.15, 0.2) is 6.29 Å². The topological polar surface area (TPSA) is 107 Å². The molecule has 0 N–H and O–H groups in total. The number of nitrogens with zero attached hydrogens (tertiary/aromatic N) is 3. The van der Waals surface area contributed by atoms with Gasteiger partial charge in [0.2, 0.25) is 5.04 Å². The van der Waals surface area contributed by atoms with Gasteiger partial charge in [0.05, 0.1) is 19.8 Å². The molecular weight excluding hydrogens is 434 g/mol. The van der Waals surface area contributed by atoms with Crippen LogP contribution in [0.15, 0.2) is 35.5 Å². The molecule has 1 aliphatic heterocycles. The van der Waals surface area contributed by atoms with Crippen LogP contribution in [0.3, 0.4) is 0 Å². The molecule has 166 valence electrons. The van der Waals surface area contributed by atoms with E-state index < -0.39 is 29.6 Å². The van der Waals surface area contributed by atoms with Crippen molar-refractivity contribution < 1.29 is 32.3 Å². The van der Waals surface area contributed by atoms with E-state index in [0.717, 1.165) is 21.6 Å². The van der Waals surface area contributed by atoms with Gasteiger partial charge in [-0.1, -0.05) is 35.5 Å². The molecule has 12 heteroatoms.